The van der Waals surface area contributed by atoms with Gasteiger partial charge in [-0.25, -0.2) is 9.90 Å². The standard InChI is InChI=1S/C7H4IO2/c8-6-3-1-2-5(4-6)7(9)10/h1-4H. The molecule has 0 heterocycles. The van der Waals surface area contributed by atoms with Crippen molar-refractivity contribution in [2.75, 3.05) is 0 Å². The van der Waals surface area contributed by atoms with Gasteiger partial charge in [0.2, 0.25) is 0 Å². The number of carbonyl (C=O) groups is 1. The summed E-state index contributed by atoms with van der Waals surface area (Å²) >= 11 is 2.05. The lowest BCUT2D eigenvalue weighted by Crippen LogP contribution is -1.93. The number of hydrogen-bond donors (Lipinski definition) is 0. The molecule has 0 amide bonds. The monoisotopic (exact) mass is 247 g/mol. The third kappa shape index (κ3) is 1.70. The highest BCUT2D eigenvalue weighted by Gasteiger charge is 2.02. The molecular weight excluding hydrogens is 243 g/mol. The molecule has 0 fully saturated rings. The topological polar surface area (TPSA) is 37.0 Å². The first-order valence-electron chi connectivity index (χ1n) is 2.67. The number of benzene rings is 1. The van der Waals surface area contributed by atoms with Crippen molar-refractivity contribution in [3.63, 3.8) is 0 Å². The number of hydrogen-bond acceptors (Lipinski definition) is 1. The molecule has 0 spiro atoms. The molecule has 2 nitrogen and oxygen atoms in total. The van der Waals surface area contributed by atoms with Gasteiger partial charge in [-0.2, -0.15) is 0 Å². The molecule has 0 unspecified atom stereocenters. The van der Waals surface area contributed by atoms with Crippen LogP contribution in [0.25, 0.3) is 0 Å². The van der Waals surface area contributed by atoms with E-state index < -0.39 is 5.97 Å². The molecule has 0 N–H and O–H groups in total. The zero-order valence-electron chi connectivity index (χ0n) is 5.00. The van der Waals surface area contributed by atoms with Crippen molar-refractivity contribution >= 4 is 28.6 Å². The quantitative estimate of drug-likeness (QED) is 0.698. The van der Waals surface area contributed by atoms with Crippen LogP contribution in [0.3, 0.4) is 0 Å². The summed E-state index contributed by atoms with van der Waals surface area (Å²) in [5.74, 6) is -1.13. The van der Waals surface area contributed by atoms with Gasteiger partial charge in [0.25, 0.3) is 0 Å². The Balaban J connectivity index is 3.07. The van der Waals surface area contributed by atoms with Crippen molar-refractivity contribution in [2.45, 2.75) is 0 Å². The van der Waals surface area contributed by atoms with Crippen molar-refractivity contribution < 1.29 is 9.90 Å². The smallest absolute Gasteiger partial charge is 0.242 e. The second kappa shape index (κ2) is 3.01. The molecule has 51 valence electrons. The van der Waals surface area contributed by atoms with Gasteiger partial charge in [-0.05, 0) is 40.8 Å². The zero-order valence-corrected chi connectivity index (χ0v) is 7.16. The molecule has 0 saturated heterocycles. The molecule has 3 heteroatoms. The minimum Gasteiger partial charge on any atom is -0.242 e. The second-order valence-electron chi connectivity index (χ2n) is 1.80. The van der Waals surface area contributed by atoms with Gasteiger partial charge >= 0.3 is 5.97 Å². The molecule has 0 aliphatic rings. The lowest BCUT2D eigenvalue weighted by atomic mass is 10.2. The maximum atomic E-state index is 10.2. The van der Waals surface area contributed by atoms with Gasteiger partial charge in [0.1, 0.15) is 0 Å². The predicted octanol–water partition coefficient (Wildman–Crippen LogP) is 1.86. The Morgan fingerprint density at radius 1 is 1.40 bits per heavy atom. The van der Waals surface area contributed by atoms with Crippen LogP contribution in [-0.4, -0.2) is 5.97 Å². The van der Waals surface area contributed by atoms with Crippen LogP contribution in [-0.2, 0) is 5.11 Å². The molecule has 1 rings (SSSR count). The third-order valence-electron chi connectivity index (χ3n) is 1.06. The molecule has 0 saturated carbocycles. The van der Waals surface area contributed by atoms with Gasteiger partial charge < -0.3 is 0 Å². The largest absolute Gasteiger partial charge is 0.386 e. The summed E-state index contributed by atoms with van der Waals surface area (Å²) in [4.78, 5) is 10.2. The number of rotatable bonds is 1. The molecule has 10 heavy (non-hydrogen) atoms. The molecule has 1 radical (unpaired) electrons. The maximum Gasteiger partial charge on any atom is 0.386 e. The van der Waals surface area contributed by atoms with E-state index in [2.05, 4.69) is 0 Å². The van der Waals surface area contributed by atoms with E-state index in [1.807, 2.05) is 28.7 Å². The van der Waals surface area contributed by atoms with E-state index in [4.69, 9.17) is 0 Å². The van der Waals surface area contributed by atoms with Crippen LogP contribution in [0.15, 0.2) is 24.3 Å². The highest BCUT2D eigenvalue weighted by Crippen LogP contribution is 2.07. The van der Waals surface area contributed by atoms with Crippen molar-refractivity contribution in [1.29, 1.82) is 0 Å². The van der Waals surface area contributed by atoms with Crippen LogP contribution in [0.4, 0.5) is 0 Å². The molecule has 1 aromatic rings. The summed E-state index contributed by atoms with van der Waals surface area (Å²) in [5.41, 5.74) is 0.229. The Hall–Kier alpha value is -0.580. The molecule has 0 aliphatic heterocycles. The van der Waals surface area contributed by atoms with Crippen molar-refractivity contribution in [2.24, 2.45) is 0 Å². The van der Waals surface area contributed by atoms with Gasteiger partial charge in [0.05, 0.1) is 5.56 Å². The van der Waals surface area contributed by atoms with E-state index in [-0.39, 0.29) is 5.56 Å². The predicted molar refractivity (Wildman–Crippen MR) is 44.2 cm³/mol. The Bertz CT molecular complexity index is 258. The minimum atomic E-state index is -1.13. The first-order valence-corrected chi connectivity index (χ1v) is 3.75. The van der Waals surface area contributed by atoms with Gasteiger partial charge in [-0.1, -0.05) is 6.07 Å². The van der Waals surface area contributed by atoms with Crippen molar-refractivity contribution in [1.82, 2.24) is 0 Å². The van der Waals surface area contributed by atoms with Crippen LogP contribution in [0.2, 0.25) is 0 Å². The fourth-order valence-corrected chi connectivity index (χ4v) is 1.16. The second-order valence-corrected chi connectivity index (χ2v) is 3.04. The third-order valence-corrected chi connectivity index (χ3v) is 1.73. The van der Waals surface area contributed by atoms with Crippen LogP contribution in [0.5, 0.6) is 0 Å². The molecule has 0 bridgehead atoms. The highest BCUT2D eigenvalue weighted by molar-refractivity contribution is 14.1. The Morgan fingerprint density at radius 2 is 2.10 bits per heavy atom. The first-order chi connectivity index (χ1) is 4.70. The SMILES string of the molecule is [O]C(=O)c1cccc(I)c1. The Labute approximate surface area is 72.0 Å². The fraction of sp³-hybridized carbons (Fsp3) is 0. The average Bonchev–Trinajstić information content (AvgIpc) is 1.88. The fourth-order valence-electron chi connectivity index (χ4n) is 0.615. The zero-order chi connectivity index (χ0) is 7.56. The highest BCUT2D eigenvalue weighted by atomic mass is 127. The summed E-state index contributed by atoms with van der Waals surface area (Å²) in [5, 5.41) is 10.2. The van der Waals surface area contributed by atoms with Crippen molar-refractivity contribution in [3.05, 3.63) is 33.4 Å². The van der Waals surface area contributed by atoms with Crippen molar-refractivity contribution in [3.8, 4) is 0 Å². The van der Waals surface area contributed by atoms with E-state index in [1.165, 1.54) is 6.07 Å². The van der Waals surface area contributed by atoms with Crippen LogP contribution in [0, 0.1) is 3.57 Å². The van der Waals surface area contributed by atoms with E-state index in [1.54, 1.807) is 12.1 Å². The molecule has 0 atom stereocenters. The van der Waals surface area contributed by atoms with E-state index in [9.17, 15) is 9.90 Å². The molecule has 1 aromatic carbocycles. The van der Waals surface area contributed by atoms with Crippen LogP contribution in [0.1, 0.15) is 10.4 Å². The van der Waals surface area contributed by atoms with Crippen LogP contribution < -0.4 is 0 Å². The lowest BCUT2D eigenvalue weighted by Gasteiger charge is -1.90. The maximum absolute atomic E-state index is 10.2. The van der Waals surface area contributed by atoms with Gasteiger partial charge in [-0.15, -0.1) is 0 Å². The van der Waals surface area contributed by atoms with Gasteiger partial charge in [0.15, 0.2) is 0 Å². The molecular formula is C7H4IO2. The first kappa shape index (κ1) is 7.53. The number of carbonyl (C=O) groups excluding carboxylic acids is 1. The molecule has 0 aromatic heterocycles. The Morgan fingerprint density at radius 3 is 2.50 bits per heavy atom. The lowest BCUT2D eigenvalue weighted by molar-refractivity contribution is 0.0573. The summed E-state index contributed by atoms with van der Waals surface area (Å²) in [7, 11) is 0. The van der Waals surface area contributed by atoms with E-state index in [0.717, 1.165) is 3.57 Å². The minimum absolute atomic E-state index is 0.229. The molecule has 0 aliphatic carbocycles. The summed E-state index contributed by atoms with van der Waals surface area (Å²) in [6, 6.07) is 6.59. The van der Waals surface area contributed by atoms with E-state index in [0.29, 0.717) is 0 Å². The average molecular weight is 247 g/mol. The van der Waals surface area contributed by atoms with Gasteiger partial charge in [-0.3, -0.25) is 0 Å². The van der Waals surface area contributed by atoms with E-state index >= 15 is 0 Å². The number of halogens is 1. The Kier molecular flexibility index (Phi) is 2.26. The van der Waals surface area contributed by atoms with Crippen LogP contribution >= 0.6 is 22.6 Å². The van der Waals surface area contributed by atoms with Gasteiger partial charge in [0, 0.05) is 3.57 Å². The summed E-state index contributed by atoms with van der Waals surface area (Å²) in [6.45, 7) is 0. The summed E-state index contributed by atoms with van der Waals surface area (Å²) in [6.07, 6.45) is 0. The summed E-state index contributed by atoms with van der Waals surface area (Å²) < 4.78 is 0.902. The normalized spacial score (nSPS) is 9.30.